The van der Waals surface area contributed by atoms with Crippen LogP contribution >= 0.6 is 11.6 Å². The zero-order valence-electron chi connectivity index (χ0n) is 13.6. The number of nitrogens with zero attached hydrogens (tertiary/aromatic N) is 2. The van der Waals surface area contributed by atoms with E-state index >= 15 is 0 Å². The molecule has 0 radical (unpaired) electrons. The minimum absolute atomic E-state index is 0.0178. The molecule has 1 amide bonds. The molecule has 0 saturated carbocycles. The van der Waals surface area contributed by atoms with Gasteiger partial charge in [0, 0.05) is 18.1 Å². The van der Waals surface area contributed by atoms with Gasteiger partial charge in [0.05, 0.1) is 17.9 Å². The topological polar surface area (TPSA) is 35.6 Å². The fourth-order valence-electron chi connectivity index (χ4n) is 2.86. The van der Waals surface area contributed by atoms with Crippen LogP contribution in [-0.2, 0) is 4.79 Å². The Kier molecular flexibility index (Phi) is 6.52. The second kappa shape index (κ2) is 8.39. The molecule has 1 heterocycles. The quantitative estimate of drug-likeness (QED) is 0.868. The van der Waals surface area contributed by atoms with Crippen LogP contribution in [0.25, 0.3) is 0 Å². The summed E-state index contributed by atoms with van der Waals surface area (Å²) < 4.78 is 0. The van der Waals surface area contributed by atoms with Crippen LogP contribution in [0.15, 0.2) is 18.2 Å². The number of anilines is 2. The Balaban J connectivity index is 2.11. The second-order valence-corrected chi connectivity index (χ2v) is 6.16. The molecular formula is C17H26ClN3O. The third-order valence-electron chi connectivity index (χ3n) is 4.19. The summed E-state index contributed by atoms with van der Waals surface area (Å²) in [4.78, 5) is 16.7. The van der Waals surface area contributed by atoms with Crippen LogP contribution in [0.2, 0.25) is 5.02 Å². The van der Waals surface area contributed by atoms with Crippen LogP contribution in [0.3, 0.4) is 0 Å². The lowest BCUT2D eigenvalue weighted by molar-refractivity contribution is -0.117. The van der Waals surface area contributed by atoms with Crippen LogP contribution in [0, 0.1) is 0 Å². The van der Waals surface area contributed by atoms with Gasteiger partial charge in [-0.2, -0.15) is 0 Å². The van der Waals surface area contributed by atoms with E-state index in [1.165, 1.54) is 19.3 Å². The number of carbonyl (C=O) groups excluding carboxylic acids is 1. The zero-order chi connectivity index (χ0) is 15.9. The van der Waals surface area contributed by atoms with E-state index in [0.717, 1.165) is 37.6 Å². The maximum atomic E-state index is 12.3. The number of carbonyl (C=O) groups is 1. The predicted octanol–water partition coefficient (Wildman–Crippen LogP) is 3.61. The van der Waals surface area contributed by atoms with Crippen LogP contribution in [-0.4, -0.2) is 43.5 Å². The molecule has 5 heteroatoms. The average molecular weight is 324 g/mol. The van der Waals surface area contributed by atoms with E-state index in [1.807, 2.05) is 18.2 Å². The Morgan fingerprint density at radius 3 is 2.55 bits per heavy atom. The SMILES string of the molecule is CCN(CC)CC(=O)Nc1cc(Cl)ccc1N1CCCCC1. The van der Waals surface area contributed by atoms with Crippen molar-refractivity contribution in [3.63, 3.8) is 0 Å². The summed E-state index contributed by atoms with van der Waals surface area (Å²) in [5.74, 6) is 0.0178. The van der Waals surface area contributed by atoms with Gasteiger partial charge in [-0.05, 0) is 50.6 Å². The number of likely N-dealkylation sites (N-methyl/N-ethyl adjacent to an activating group) is 1. The molecule has 0 spiro atoms. The summed E-state index contributed by atoms with van der Waals surface area (Å²) in [6.45, 7) is 8.38. The van der Waals surface area contributed by atoms with E-state index in [2.05, 4.69) is 29.0 Å². The van der Waals surface area contributed by atoms with Crippen molar-refractivity contribution in [1.82, 2.24) is 4.90 Å². The van der Waals surface area contributed by atoms with Gasteiger partial charge >= 0.3 is 0 Å². The largest absolute Gasteiger partial charge is 0.370 e. The average Bonchev–Trinajstić information content (AvgIpc) is 2.53. The first-order valence-corrected chi connectivity index (χ1v) is 8.58. The molecule has 0 atom stereocenters. The van der Waals surface area contributed by atoms with Crippen LogP contribution < -0.4 is 10.2 Å². The number of benzene rings is 1. The summed E-state index contributed by atoms with van der Waals surface area (Å²) in [7, 11) is 0. The van der Waals surface area contributed by atoms with E-state index in [4.69, 9.17) is 11.6 Å². The minimum Gasteiger partial charge on any atom is -0.370 e. The van der Waals surface area contributed by atoms with Crippen molar-refractivity contribution in [2.45, 2.75) is 33.1 Å². The first-order chi connectivity index (χ1) is 10.6. The Labute approximate surface area is 138 Å². The highest BCUT2D eigenvalue weighted by Gasteiger charge is 2.17. The number of hydrogen-bond acceptors (Lipinski definition) is 3. The summed E-state index contributed by atoms with van der Waals surface area (Å²) >= 11 is 6.12. The molecule has 1 fully saturated rings. The molecule has 4 nitrogen and oxygen atoms in total. The van der Waals surface area contributed by atoms with Gasteiger partial charge in [0.25, 0.3) is 0 Å². The maximum absolute atomic E-state index is 12.3. The van der Waals surface area contributed by atoms with Crippen molar-refractivity contribution >= 4 is 28.9 Å². The first kappa shape index (κ1) is 17.1. The van der Waals surface area contributed by atoms with Crippen molar-refractivity contribution < 1.29 is 4.79 Å². The van der Waals surface area contributed by atoms with Gasteiger partial charge in [-0.15, -0.1) is 0 Å². The molecule has 0 aliphatic carbocycles. The normalized spacial score (nSPS) is 15.2. The number of rotatable bonds is 6. The van der Waals surface area contributed by atoms with Gasteiger partial charge in [0.1, 0.15) is 0 Å². The standard InChI is InChI=1S/C17H26ClN3O/c1-3-20(4-2)13-17(22)19-15-12-14(18)8-9-16(15)21-10-6-5-7-11-21/h8-9,12H,3-7,10-11,13H2,1-2H3,(H,19,22). The van der Waals surface area contributed by atoms with Gasteiger partial charge in [-0.1, -0.05) is 25.4 Å². The fourth-order valence-corrected chi connectivity index (χ4v) is 3.03. The number of nitrogens with one attached hydrogen (secondary N) is 1. The molecule has 22 heavy (non-hydrogen) atoms. The third kappa shape index (κ3) is 4.62. The minimum atomic E-state index is 0.0178. The van der Waals surface area contributed by atoms with E-state index in [1.54, 1.807) is 0 Å². The number of amides is 1. The summed E-state index contributed by atoms with van der Waals surface area (Å²) in [5, 5.41) is 3.69. The zero-order valence-corrected chi connectivity index (χ0v) is 14.3. The highest BCUT2D eigenvalue weighted by molar-refractivity contribution is 6.31. The summed E-state index contributed by atoms with van der Waals surface area (Å²) in [6.07, 6.45) is 3.69. The second-order valence-electron chi connectivity index (χ2n) is 5.72. The Bertz CT molecular complexity index is 497. The Hall–Kier alpha value is -1.26. The predicted molar refractivity (Wildman–Crippen MR) is 93.9 cm³/mol. The van der Waals surface area contributed by atoms with Crippen molar-refractivity contribution in [3.8, 4) is 0 Å². The van der Waals surface area contributed by atoms with Crippen LogP contribution in [0.5, 0.6) is 0 Å². The smallest absolute Gasteiger partial charge is 0.238 e. The fraction of sp³-hybridized carbons (Fsp3) is 0.588. The molecule has 1 aliphatic heterocycles. The van der Waals surface area contributed by atoms with Crippen molar-refractivity contribution in [2.24, 2.45) is 0 Å². The lowest BCUT2D eigenvalue weighted by Crippen LogP contribution is -2.34. The maximum Gasteiger partial charge on any atom is 0.238 e. The van der Waals surface area contributed by atoms with Crippen LogP contribution in [0.4, 0.5) is 11.4 Å². The molecule has 0 unspecified atom stereocenters. The molecule has 2 rings (SSSR count). The van der Waals surface area contributed by atoms with E-state index in [0.29, 0.717) is 11.6 Å². The third-order valence-corrected chi connectivity index (χ3v) is 4.43. The number of hydrogen-bond donors (Lipinski definition) is 1. The highest BCUT2D eigenvalue weighted by Crippen LogP contribution is 2.31. The molecule has 1 aromatic rings. The Morgan fingerprint density at radius 2 is 1.91 bits per heavy atom. The molecule has 0 aromatic heterocycles. The molecule has 0 bridgehead atoms. The first-order valence-electron chi connectivity index (χ1n) is 8.20. The van der Waals surface area contributed by atoms with Gasteiger partial charge in [0.2, 0.25) is 5.91 Å². The van der Waals surface area contributed by atoms with Crippen LogP contribution in [0.1, 0.15) is 33.1 Å². The lowest BCUT2D eigenvalue weighted by atomic mass is 10.1. The van der Waals surface area contributed by atoms with E-state index in [9.17, 15) is 4.79 Å². The molecular weight excluding hydrogens is 298 g/mol. The van der Waals surface area contributed by atoms with E-state index in [-0.39, 0.29) is 5.91 Å². The molecule has 1 saturated heterocycles. The number of piperidine rings is 1. The summed E-state index contributed by atoms with van der Waals surface area (Å²) in [5.41, 5.74) is 1.91. The monoisotopic (exact) mass is 323 g/mol. The molecule has 122 valence electrons. The molecule has 1 aliphatic rings. The highest BCUT2D eigenvalue weighted by atomic mass is 35.5. The summed E-state index contributed by atoms with van der Waals surface area (Å²) in [6, 6.07) is 5.76. The van der Waals surface area contributed by atoms with Gasteiger partial charge in [-0.3, -0.25) is 9.69 Å². The molecule has 1 aromatic carbocycles. The number of halogens is 1. The van der Waals surface area contributed by atoms with Crippen molar-refractivity contribution in [2.75, 3.05) is 42.9 Å². The van der Waals surface area contributed by atoms with Gasteiger partial charge < -0.3 is 10.2 Å². The van der Waals surface area contributed by atoms with Crippen molar-refractivity contribution in [3.05, 3.63) is 23.2 Å². The Morgan fingerprint density at radius 1 is 1.23 bits per heavy atom. The van der Waals surface area contributed by atoms with E-state index < -0.39 is 0 Å². The lowest BCUT2D eigenvalue weighted by Gasteiger charge is -2.30. The van der Waals surface area contributed by atoms with Crippen molar-refractivity contribution in [1.29, 1.82) is 0 Å². The molecule has 1 N–H and O–H groups in total. The van der Waals surface area contributed by atoms with Gasteiger partial charge in [-0.25, -0.2) is 0 Å². The van der Waals surface area contributed by atoms with Gasteiger partial charge in [0.15, 0.2) is 0 Å².